The van der Waals surface area contributed by atoms with Gasteiger partial charge in [-0.1, -0.05) is 24.1 Å². The zero-order valence-corrected chi connectivity index (χ0v) is 17.2. The molecule has 2 aromatic carbocycles. The van der Waals surface area contributed by atoms with Crippen LogP contribution in [-0.4, -0.2) is 30.7 Å². The van der Waals surface area contributed by atoms with E-state index in [-0.39, 0.29) is 10.7 Å². The van der Waals surface area contributed by atoms with Gasteiger partial charge in [0.05, 0.1) is 29.1 Å². The third-order valence-corrected chi connectivity index (χ3v) is 6.47. The zero-order valence-electron chi connectivity index (χ0n) is 16.4. The summed E-state index contributed by atoms with van der Waals surface area (Å²) in [6.07, 6.45) is 1.54. The van der Waals surface area contributed by atoms with E-state index in [1.54, 1.807) is 45.2 Å². The van der Waals surface area contributed by atoms with E-state index in [0.717, 1.165) is 11.1 Å². The van der Waals surface area contributed by atoms with Crippen LogP contribution in [0, 0.1) is 11.8 Å². The van der Waals surface area contributed by atoms with Crippen molar-refractivity contribution < 1.29 is 13.2 Å². The number of methoxy groups -OCH3 is 1. The summed E-state index contributed by atoms with van der Waals surface area (Å²) in [4.78, 5) is 8.93. The molecular formula is C22H21N3O3S. The van der Waals surface area contributed by atoms with E-state index < -0.39 is 15.1 Å². The van der Waals surface area contributed by atoms with Gasteiger partial charge in [-0.25, -0.2) is 18.4 Å². The van der Waals surface area contributed by atoms with Gasteiger partial charge in [-0.2, -0.15) is 0 Å². The van der Waals surface area contributed by atoms with Gasteiger partial charge in [0.1, 0.15) is 5.75 Å². The van der Waals surface area contributed by atoms with Crippen LogP contribution in [0.15, 0.2) is 59.6 Å². The normalized spacial score (nSPS) is 11.0. The monoisotopic (exact) mass is 407 g/mol. The number of benzene rings is 2. The van der Waals surface area contributed by atoms with E-state index in [2.05, 4.69) is 21.8 Å². The van der Waals surface area contributed by atoms with Gasteiger partial charge >= 0.3 is 0 Å². The number of nitrogen functional groups attached to an aromatic ring is 1. The van der Waals surface area contributed by atoms with E-state index in [1.807, 2.05) is 24.3 Å². The maximum absolute atomic E-state index is 12.3. The molecule has 2 N–H and O–H groups in total. The second-order valence-corrected chi connectivity index (χ2v) is 9.09. The highest BCUT2D eigenvalue weighted by atomic mass is 32.2. The molecule has 7 heteroatoms. The van der Waals surface area contributed by atoms with E-state index in [9.17, 15) is 8.42 Å². The number of hydrogen-bond acceptors (Lipinski definition) is 6. The van der Waals surface area contributed by atoms with Gasteiger partial charge in [0.2, 0.25) is 0 Å². The smallest absolute Gasteiger partial charge is 0.180 e. The number of rotatable bonds is 4. The van der Waals surface area contributed by atoms with Crippen molar-refractivity contribution in [1.82, 2.24) is 9.97 Å². The molecule has 0 fully saturated rings. The van der Waals surface area contributed by atoms with Crippen molar-refractivity contribution >= 4 is 15.7 Å². The van der Waals surface area contributed by atoms with Crippen LogP contribution in [-0.2, 0) is 9.84 Å². The first-order chi connectivity index (χ1) is 13.8. The molecule has 0 saturated heterocycles. The fourth-order valence-electron chi connectivity index (χ4n) is 2.55. The summed E-state index contributed by atoms with van der Waals surface area (Å²) in [7, 11) is -1.73. The van der Waals surface area contributed by atoms with Crippen molar-refractivity contribution in [3.8, 4) is 28.8 Å². The molecule has 148 valence electrons. The first-order valence-corrected chi connectivity index (χ1v) is 10.5. The maximum atomic E-state index is 12.3. The molecule has 0 atom stereocenters. The van der Waals surface area contributed by atoms with Crippen molar-refractivity contribution in [2.24, 2.45) is 0 Å². The van der Waals surface area contributed by atoms with Gasteiger partial charge in [-0.05, 0) is 50.1 Å². The largest absolute Gasteiger partial charge is 0.497 e. The molecule has 3 aromatic rings. The average Bonchev–Trinajstić information content (AvgIpc) is 2.73. The number of anilines is 1. The summed E-state index contributed by atoms with van der Waals surface area (Å²) in [5, 5.41) is -0.483. The summed E-state index contributed by atoms with van der Waals surface area (Å²) >= 11 is 0. The van der Waals surface area contributed by atoms with Crippen molar-refractivity contribution in [2.75, 3.05) is 12.8 Å². The fraction of sp³-hybridized carbons (Fsp3) is 0.182. The SMILES string of the molecule is COc1cccc(C#Cc2nc(-c3ccc(S(=O)(=O)C(C)C)cc3)cnc2N)c1. The van der Waals surface area contributed by atoms with E-state index in [4.69, 9.17) is 10.5 Å². The molecule has 0 aliphatic heterocycles. The average molecular weight is 407 g/mol. The molecule has 0 unspecified atom stereocenters. The van der Waals surface area contributed by atoms with Crippen molar-refractivity contribution in [3.63, 3.8) is 0 Å². The Bertz CT molecular complexity index is 1190. The zero-order chi connectivity index (χ0) is 21.0. The molecule has 0 amide bonds. The molecule has 0 radical (unpaired) electrons. The van der Waals surface area contributed by atoms with E-state index in [0.29, 0.717) is 17.1 Å². The molecule has 1 aromatic heterocycles. The molecule has 0 saturated carbocycles. The molecule has 0 aliphatic rings. The first-order valence-electron chi connectivity index (χ1n) is 8.94. The topological polar surface area (TPSA) is 95.2 Å². The van der Waals surface area contributed by atoms with Crippen molar-refractivity contribution in [3.05, 3.63) is 66.0 Å². The number of nitrogens with two attached hydrogens (primary N) is 1. The van der Waals surface area contributed by atoms with Crippen molar-refractivity contribution in [2.45, 2.75) is 24.0 Å². The second kappa shape index (κ2) is 8.33. The van der Waals surface area contributed by atoms with Crippen molar-refractivity contribution in [1.29, 1.82) is 0 Å². The third-order valence-electron chi connectivity index (χ3n) is 4.29. The summed E-state index contributed by atoms with van der Waals surface area (Å²) < 4.78 is 29.7. The number of hydrogen-bond donors (Lipinski definition) is 1. The molecule has 3 rings (SSSR count). The highest BCUT2D eigenvalue weighted by Gasteiger charge is 2.19. The Hall–Kier alpha value is -3.37. The Morgan fingerprint density at radius 2 is 1.79 bits per heavy atom. The number of aromatic nitrogens is 2. The predicted molar refractivity (Wildman–Crippen MR) is 113 cm³/mol. The molecular weight excluding hydrogens is 386 g/mol. The van der Waals surface area contributed by atoms with Crippen LogP contribution in [0.2, 0.25) is 0 Å². The van der Waals surface area contributed by atoms with Gasteiger partial charge in [0.25, 0.3) is 0 Å². The highest BCUT2D eigenvalue weighted by molar-refractivity contribution is 7.92. The van der Waals surface area contributed by atoms with Crippen LogP contribution in [0.3, 0.4) is 0 Å². The molecule has 6 nitrogen and oxygen atoms in total. The van der Waals surface area contributed by atoms with Crippen LogP contribution >= 0.6 is 0 Å². The van der Waals surface area contributed by atoms with Crippen LogP contribution in [0.1, 0.15) is 25.1 Å². The molecule has 0 bridgehead atoms. The van der Waals surface area contributed by atoms with Gasteiger partial charge in [-0.3, -0.25) is 0 Å². The van der Waals surface area contributed by atoms with Crippen LogP contribution in [0.25, 0.3) is 11.3 Å². The lowest BCUT2D eigenvalue weighted by atomic mass is 10.1. The third kappa shape index (κ3) is 4.55. The quantitative estimate of drug-likeness (QED) is 0.667. The maximum Gasteiger partial charge on any atom is 0.180 e. The van der Waals surface area contributed by atoms with E-state index >= 15 is 0 Å². The number of sulfone groups is 1. The molecule has 29 heavy (non-hydrogen) atoms. The Balaban J connectivity index is 1.93. The molecule has 0 spiro atoms. The summed E-state index contributed by atoms with van der Waals surface area (Å²) in [5.74, 6) is 6.88. The van der Waals surface area contributed by atoms with Crippen LogP contribution in [0.5, 0.6) is 5.75 Å². The minimum absolute atomic E-state index is 0.225. The summed E-state index contributed by atoms with van der Waals surface area (Å²) in [5.41, 5.74) is 8.32. The Morgan fingerprint density at radius 1 is 1.07 bits per heavy atom. The molecule has 0 aliphatic carbocycles. The summed E-state index contributed by atoms with van der Waals surface area (Å²) in [6.45, 7) is 3.31. The summed E-state index contributed by atoms with van der Waals surface area (Å²) in [6, 6.07) is 13.9. The lowest BCUT2D eigenvalue weighted by Crippen LogP contribution is -2.13. The van der Waals surface area contributed by atoms with Crippen LogP contribution in [0.4, 0.5) is 5.82 Å². The Kier molecular flexibility index (Phi) is 5.85. The Labute approximate surface area is 170 Å². The first kappa shape index (κ1) is 20.4. The fourth-order valence-corrected chi connectivity index (χ4v) is 3.61. The van der Waals surface area contributed by atoms with Crippen LogP contribution < -0.4 is 10.5 Å². The lowest BCUT2D eigenvalue weighted by Gasteiger charge is -2.08. The minimum Gasteiger partial charge on any atom is -0.497 e. The van der Waals surface area contributed by atoms with Gasteiger partial charge in [0.15, 0.2) is 21.3 Å². The lowest BCUT2D eigenvalue weighted by molar-refractivity contribution is 0.414. The highest BCUT2D eigenvalue weighted by Crippen LogP contribution is 2.22. The predicted octanol–water partition coefficient (Wildman–Crippen LogP) is 3.32. The minimum atomic E-state index is -3.32. The Morgan fingerprint density at radius 3 is 2.45 bits per heavy atom. The number of nitrogens with zero attached hydrogens (tertiary/aromatic N) is 2. The van der Waals surface area contributed by atoms with E-state index in [1.165, 1.54) is 6.20 Å². The van der Waals surface area contributed by atoms with Gasteiger partial charge in [-0.15, -0.1) is 0 Å². The second-order valence-electron chi connectivity index (χ2n) is 6.59. The van der Waals surface area contributed by atoms with Gasteiger partial charge < -0.3 is 10.5 Å². The standard InChI is InChI=1S/C22H21N3O3S/c1-15(2)29(26,27)19-10-8-17(9-11-19)21-14-24-22(23)20(25-21)12-7-16-5-4-6-18(13-16)28-3/h4-6,8-11,13-15H,1-3H3,(H2,23,24). The molecule has 1 heterocycles. The van der Waals surface area contributed by atoms with Gasteiger partial charge in [0, 0.05) is 11.1 Å². The number of ether oxygens (including phenoxy) is 1.